The molecule has 2 amide bonds. The minimum absolute atomic E-state index is 0.301. The minimum Gasteiger partial charge on any atom is -0.459 e. The molecule has 1 aliphatic heterocycles. The summed E-state index contributed by atoms with van der Waals surface area (Å²) in [6, 6.07) is 23.3. The Morgan fingerprint density at radius 2 is 1.64 bits per heavy atom. The van der Waals surface area contributed by atoms with E-state index in [0.717, 1.165) is 22.4 Å². The van der Waals surface area contributed by atoms with E-state index >= 15 is 0 Å². The summed E-state index contributed by atoms with van der Waals surface area (Å²) in [7, 11) is 0. The Hall–Kier alpha value is -4.06. The molecule has 0 fully saturated rings. The number of nitrogens with one attached hydrogen (secondary N) is 2. The number of rotatable bonds is 6. The molecule has 1 atom stereocenters. The first kappa shape index (κ1) is 22.1. The van der Waals surface area contributed by atoms with E-state index in [4.69, 9.17) is 9.47 Å². The van der Waals surface area contributed by atoms with Crippen molar-refractivity contribution < 1.29 is 19.1 Å². The topological polar surface area (TPSA) is 76.7 Å². The average molecular weight is 443 g/mol. The lowest BCUT2D eigenvalue weighted by Gasteiger charge is -2.30. The van der Waals surface area contributed by atoms with Crippen LogP contribution in [0.2, 0.25) is 0 Å². The van der Waals surface area contributed by atoms with Gasteiger partial charge in [0.1, 0.15) is 11.5 Å². The van der Waals surface area contributed by atoms with Gasteiger partial charge in [0.05, 0.1) is 23.4 Å². The number of amides is 2. The molecule has 0 spiro atoms. The first-order valence-electron chi connectivity index (χ1n) is 10.8. The molecular weight excluding hydrogens is 416 g/mol. The van der Waals surface area contributed by atoms with E-state index < -0.39 is 12.0 Å². The predicted molar refractivity (Wildman–Crippen MR) is 127 cm³/mol. The number of carbonyl (C=O) groups excluding carboxylic acids is 2. The summed E-state index contributed by atoms with van der Waals surface area (Å²) in [5, 5.41) is 5.65. The molecule has 168 valence electrons. The molecule has 1 aliphatic rings. The molecule has 3 aromatic carbocycles. The highest BCUT2D eigenvalue weighted by Crippen LogP contribution is 2.33. The van der Waals surface area contributed by atoms with Crippen LogP contribution in [0.15, 0.2) is 84.4 Å². The number of ether oxygens (including phenoxy) is 2. The number of carbonyl (C=O) groups is 2. The SMILES string of the molecule is Cc1cccc(Oc2ccc(C3NC(=O)NC(c4ccccc4)=C3C(=O)OC(C)C)cc2)c1. The van der Waals surface area contributed by atoms with Crippen LogP contribution in [-0.2, 0) is 9.53 Å². The van der Waals surface area contributed by atoms with Crippen LogP contribution in [0.25, 0.3) is 5.70 Å². The van der Waals surface area contributed by atoms with Gasteiger partial charge in [0, 0.05) is 0 Å². The fraction of sp³-hybridized carbons (Fsp3) is 0.185. The van der Waals surface area contributed by atoms with Gasteiger partial charge in [0.15, 0.2) is 0 Å². The highest BCUT2D eigenvalue weighted by atomic mass is 16.5. The third-order valence-corrected chi connectivity index (χ3v) is 5.14. The lowest BCUT2D eigenvalue weighted by molar-refractivity contribution is -0.143. The molecule has 1 unspecified atom stereocenters. The summed E-state index contributed by atoms with van der Waals surface area (Å²) in [4.78, 5) is 25.7. The van der Waals surface area contributed by atoms with Crippen molar-refractivity contribution in [1.82, 2.24) is 10.6 Å². The summed E-state index contributed by atoms with van der Waals surface area (Å²) >= 11 is 0. The lowest BCUT2D eigenvalue weighted by atomic mass is 9.92. The largest absolute Gasteiger partial charge is 0.459 e. The second-order valence-electron chi connectivity index (χ2n) is 8.13. The van der Waals surface area contributed by atoms with Crippen LogP contribution in [0.5, 0.6) is 11.5 Å². The molecule has 0 saturated carbocycles. The zero-order chi connectivity index (χ0) is 23.4. The van der Waals surface area contributed by atoms with Crippen molar-refractivity contribution >= 4 is 17.7 Å². The quantitative estimate of drug-likeness (QED) is 0.494. The van der Waals surface area contributed by atoms with Crippen LogP contribution < -0.4 is 15.4 Å². The first-order valence-corrected chi connectivity index (χ1v) is 10.8. The van der Waals surface area contributed by atoms with Gasteiger partial charge in [0.25, 0.3) is 0 Å². The van der Waals surface area contributed by atoms with Gasteiger partial charge < -0.3 is 20.1 Å². The zero-order valence-electron chi connectivity index (χ0n) is 18.8. The van der Waals surface area contributed by atoms with Crippen molar-refractivity contribution in [2.24, 2.45) is 0 Å². The second kappa shape index (κ2) is 9.61. The van der Waals surface area contributed by atoms with Gasteiger partial charge in [-0.3, -0.25) is 0 Å². The number of hydrogen-bond acceptors (Lipinski definition) is 4. The van der Waals surface area contributed by atoms with E-state index in [1.54, 1.807) is 13.8 Å². The Bertz CT molecular complexity index is 1180. The predicted octanol–water partition coefficient (Wildman–Crippen LogP) is 5.50. The van der Waals surface area contributed by atoms with E-state index in [1.165, 1.54) is 0 Å². The van der Waals surface area contributed by atoms with Crippen LogP contribution in [0, 0.1) is 6.92 Å². The van der Waals surface area contributed by atoms with E-state index in [2.05, 4.69) is 10.6 Å². The number of hydrogen-bond donors (Lipinski definition) is 2. The fourth-order valence-corrected chi connectivity index (χ4v) is 3.69. The fourth-order valence-electron chi connectivity index (χ4n) is 3.69. The molecule has 4 rings (SSSR count). The molecule has 33 heavy (non-hydrogen) atoms. The molecule has 0 aliphatic carbocycles. The molecule has 0 saturated heterocycles. The van der Waals surface area contributed by atoms with Gasteiger partial charge >= 0.3 is 12.0 Å². The van der Waals surface area contributed by atoms with Gasteiger partial charge in [-0.05, 0) is 61.7 Å². The summed E-state index contributed by atoms with van der Waals surface area (Å²) in [5.74, 6) is 0.912. The third kappa shape index (κ3) is 5.23. The second-order valence-corrected chi connectivity index (χ2v) is 8.13. The van der Waals surface area contributed by atoms with Crippen LogP contribution in [-0.4, -0.2) is 18.1 Å². The van der Waals surface area contributed by atoms with Crippen molar-refractivity contribution in [2.45, 2.75) is 32.9 Å². The van der Waals surface area contributed by atoms with Crippen LogP contribution in [0.4, 0.5) is 4.79 Å². The number of benzene rings is 3. The zero-order valence-corrected chi connectivity index (χ0v) is 18.8. The Balaban J connectivity index is 1.70. The molecule has 1 heterocycles. The Labute approximate surface area is 193 Å². The summed E-state index contributed by atoms with van der Waals surface area (Å²) < 4.78 is 11.5. The molecule has 0 aromatic heterocycles. The normalized spacial score (nSPS) is 15.6. The van der Waals surface area contributed by atoms with E-state index in [-0.39, 0.29) is 12.1 Å². The van der Waals surface area contributed by atoms with Gasteiger partial charge in [-0.25, -0.2) is 9.59 Å². The van der Waals surface area contributed by atoms with E-state index in [1.807, 2.05) is 85.8 Å². The van der Waals surface area contributed by atoms with Crippen LogP contribution >= 0.6 is 0 Å². The van der Waals surface area contributed by atoms with Crippen molar-refractivity contribution in [3.8, 4) is 11.5 Å². The molecule has 6 heteroatoms. The lowest BCUT2D eigenvalue weighted by Crippen LogP contribution is -2.45. The maximum Gasteiger partial charge on any atom is 0.338 e. The van der Waals surface area contributed by atoms with Crippen LogP contribution in [0.3, 0.4) is 0 Å². The monoisotopic (exact) mass is 442 g/mol. The summed E-state index contributed by atoms with van der Waals surface area (Å²) in [6.07, 6.45) is -0.301. The number of aryl methyl sites for hydroxylation is 1. The van der Waals surface area contributed by atoms with Gasteiger partial charge in [0.2, 0.25) is 0 Å². The maximum atomic E-state index is 13.1. The first-order chi connectivity index (χ1) is 15.9. The maximum absolute atomic E-state index is 13.1. The summed E-state index contributed by atoms with van der Waals surface area (Å²) in [6.45, 7) is 5.59. The van der Waals surface area contributed by atoms with Crippen molar-refractivity contribution in [1.29, 1.82) is 0 Å². The van der Waals surface area contributed by atoms with E-state index in [0.29, 0.717) is 17.0 Å². The standard InChI is InChI=1S/C27H26N2O4/c1-17(2)32-26(30)23-24(19-9-5-4-6-10-19)28-27(31)29-25(23)20-12-14-21(15-13-20)33-22-11-7-8-18(3)16-22/h4-17,25H,1-3H3,(H2,28,29,31). The van der Waals surface area contributed by atoms with Crippen molar-refractivity contribution in [2.75, 3.05) is 0 Å². The molecule has 0 bridgehead atoms. The van der Waals surface area contributed by atoms with Gasteiger partial charge in [-0.15, -0.1) is 0 Å². The number of esters is 1. The van der Waals surface area contributed by atoms with E-state index in [9.17, 15) is 9.59 Å². The molecule has 6 nitrogen and oxygen atoms in total. The Kier molecular flexibility index (Phi) is 6.45. The van der Waals surface area contributed by atoms with Crippen molar-refractivity contribution in [3.63, 3.8) is 0 Å². The van der Waals surface area contributed by atoms with Gasteiger partial charge in [-0.2, -0.15) is 0 Å². The number of urea groups is 1. The average Bonchev–Trinajstić information content (AvgIpc) is 2.79. The third-order valence-electron chi connectivity index (χ3n) is 5.14. The van der Waals surface area contributed by atoms with Crippen molar-refractivity contribution in [3.05, 3.63) is 101 Å². The van der Waals surface area contributed by atoms with Crippen LogP contribution in [0.1, 0.15) is 36.6 Å². The van der Waals surface area contributed by atoms with Gasteiger partial charge in [-0.1, -0.05) is 54.6 Å². The highest BCUT2D eigenvalue weighted by Gasteiger charge is 2.34. The molecule has 2 N–H and O–H groups in total. The minimum atomic E-state index is -0.673. The smallest absolute Gasteiger partial charge is 0.338 e. The molecule has 0 radical (unpaired) electrons. The molecule has 3 aromatic rings. The Morgan fingerprint density at radius 1 is 0.909 bits per heavy atom. The molecular formula is C27H26N2O4. The highest BCUT2D eigenvalue weighted by molar-refractivity contribution is 6.04. The summed E-state index contributed by atoms with van der Waals surface area (Å²) in [5.41, 5.74) is 3.36. The Morgan fingerprint density at radius 3 is 2.30 bits per heavy atom.